The van der Waals surface area contributed by atoms with Crippen LogP contribution in [-0.2, 0) is 17.8 Å². The molecule has 3 rings (SSSR count). The number of nitrogens with one attached hydrogen (secondary N) is 2. The number of carbonyl (C=O) groups excluding carboxylic acids is 2. The van der Waals surface area contributed by atoms with Gasteiger partial charge in [-0.25, -0.2) is 4.79 Å². The lowest BCUT2D eigenvalue weighted by Gasteiger charge is -2.27. The first-order chi connectivity index (χ1) is 16.2. The molecule has 0 saturated carbocycles. The van der Waals surface area contributed by atoms with Crippen molar-refractivity contribution in [3.05, 3.63) is 57.8 Å². The van der Waals surface area contributed by atoms with Crippen LogP contribution >= 0.6 is 12.4 Å². The molecule has 1 aliphatic rings. The zero-order valence-electron chi connectivity index (χ0n) is 21.2. The molecule has 1 aliphatic heterocycles. The minimum absolute atomic E-state index is 0. The number of benzene rings is 1. The lowest BCUT2D eigenvalue weighted by Crippen LogP contribution is -2.40. The van der Waals surface area contributed by atoms with Gasteiger partial charge in [0.15, 0.2) is 0 Å². The number of anilines is 1. The second kappa shape index (κ2) is 13.4. The molecule has 1 aromatic heterocycles. The number of fused-ring (bicyclic) bond motifs is 1. The number of nitrogens with zero attached hydrogens (tertiary/aromatic N) is 3. The van der Waals surface area contributed by atoms with Crippen LogP contribution in [0.1, 0.15) is 62.3 Å². The monoisotopic (exact) mass is 503 g/mol. The van der Waals surface area contributed by atoms with E-state index in [1.807, 2.05) is 43.0 Å². The Labute approximate surface area is 213 Å². The summed E-state index contributed by atoms with van der Waals surface area (Å²) in [5.41, 5.74) is 2.38. The van der Waals surface area contributed by atoms with E-state index in [0.717, 1.165) is 16.9 Å². The Bertz CT molecular complexity index is 1050. The maximum absolute atomic E-state index is 13.3. The Morgan fingerprint density at radius 3 is 2.51 bits per heavy atom. The third-order valence-electron chi connectivity index (χ3n) is 5.78. The largest absolute Gasteiger partial charge is 0.345 e. The first-order valence-corrected chi connectivity index (χ1v) is 12.2. The molecule has 0 spiro atoms. The summed E-state index contributed by atoms with van der Waals surface area (Å²) < 4.78 is 0. The Balaban J connectivity index is 0.00000432. The molecule has 0 fully saturated rings. The molecule has 35 heavy (non-hydrogen) atoms. The normalized spacial score (nSPS) is 14.8. The minimum atomic E-state index is -0.501. The Morgan fingerprint density at radius 2 is 1.80 bits per heavy atom. The SMILES string of the molecule is CC(C)CC(=O)N1CCCN(C(=O)c2cc(CC(C)C)[nH]c(=O)n2)CCNCc2ccccc21.Cl. The van der Waals surface area contributed by atoms with Crippen molar-refractivity contribution in [2.45, 2.75) is 53.5 Å². The number of rotatable bonds is 5. The lowest BCUT2D eigenvalue weighted by atomic mass is 10.1. The van der Waals surface area contributed by atoms with Gasteiger partial charge in [0.05, 0.1) is 0 Å². The van der Waals surface area contributed by atoms with Crippen molar-refractivity contribution < 1.29 is 9.59 Å². The average Bonchev–Trinajstić information content (AvgIpc) is 2.80. The van der Waals surface area contributed by atoms with Crippen molar-refractivity contribution in [2.24, 2.45) is 11.8 Å². The van der Waals surface area contributed by atoms with Gasteiger partial charge < -0.3 is 20.1 Å². The molecule has 0 aliphatic carbocycles. The molecule has 8 nitrogen and oxygen atoms in total. The smallest absolute Gasteiger partial charge is 0.336 e. The molecule has 2 aromatic rings. The molecule has 1 aromatic carbocycles. The van der Waals surface area contributed by atoms with E-state index in [-0.39, 0.29) is 35.8 Å². The molecule has 0 unspecified atom stereocenters. The number of para-hydroxylation sites is 1. The van der Waals surface area contributed by atoms with Gasteiger partial charge in [-0.1, -0.05) is 45.9 Å². The molecule has 2 amide bonds. The van der Waals surface area contributed by atoms with Gasteiger partial charge in [0.1, 0.15) is 5.69 Å². The number of aromatic amines is 1. The highest BCUT2D eigenvalue weighted by atomic mass is 35.5. The molecule has 0 saturated heterocycles. The summed E-state index contributed by atoms with van der Waals surface area (Å²) in [6, 6.07) is 9.66. The predicted molar refractivity (Wildman–Crippen MR) is 141 cm³/mol. The Hall–Kier alpha value is -2.71. The van der Waals surface area contributed by atoms with Crippen molar-refractivity contribution in [1.29, 1.82) is 0 Å². The molecule has 192 valence electrons. The van der Waals surface area contributed by atoms with Gasteiger partial charge in [0.25, 0.3) is 5.91 Å². The van der Waals surface area contributed by atoms with E-state index in [0.29, 0.717) is 57.9 Å². The third kappa shape index (κ3) is 8.18. The van der Waals surface area contributed by atoms with Gasteiger partial charge in [-0.2, -0.15) is 4.98 Å². The Morgan fingerprint density at radius 1 is 1.06 bits per heavy atom. The Kier molecular flexibility index (Phi) is 10.9. The van der Waals surface area contributed by atoms with E-state index in [1.54, 1.807) is 11.0 Å². The quantitative estimate of drug-likeness (QED) is 0.651. The minimum Gasteiger partial charge on any atom is -0.336 e. The van der Waals surface area contributed by atoms with Crippen molar-refractivity contribution in [2.75, 3.05) is 31.1 Å². The number of halogens is 1. The summed E-state index contributed by atoms with van der Waals surface area (Å²) in [4.78, 5) is 48.8. The van der Waals surface area contributed by atoms with E-state index >= 15 is 0 Å². The van der Waals surface area contributed by atoms with Crippen LogP contribution < -0.4 is 15.9 Å². The summed E-state index contributed by atoms with van der Waals surface area (Å²) in [5, 5.41) is 3.40. The summed E-state index contributed by atoms with van der Waals surface area (Å²) >= 11 is 0. The predicted octanol–water partition coefficient (Wildman–Crippen LogP) is 3.41. The van der Waals surface area contributed by atoms with Crippen molar-refractivity contribution in [3.63, 3.8) is 0 Å². The number of H-pyrrole nitrogens is 1. The highest BCUT2D eigenvalue weighted by molar-refractivity contribution is 5.94. The first kappa shape index (κ1) is 28.5. The van der Waals surface area contributed by atoms with Crippen LogP contribution in [0.25, 0.3) is 0 Å². The van der Waals surface area contributed by atoms with E-state index in [1.165, 1.54) is 0 Å². The first-order valence-electron chi connectivity index (χ1n) is 12.2. The summed E-state index contributed by atoms with van der Waals surface area (Å²) in [5.74, 6) is 0.444. The molecule has 0 bridgehead atoms. The van der Waals surface area contributed by atoms with Crippen LogP contribution in [0, 0.1) is 11.8 Å². The van der Waals surface area contributed by atoms with E-state index < -0.39 is 5.69 Å². The molecule has 2 heterocycles. The molecule has 9 heteroatoms. The number of hydrogen-bond acceptors (Lipinski definition) is 5. The van der Waals surface area contributed by atoms with E-state index in [9.17, 15) is 14.4 Å². The van der Waals surface area contributed by atoms with Crippen LogP contribution in [0.5, 0.6) is 0 Å². The van der Waals surface area contributed by atoms with Crippen molar-refractivity contribution in [1.82, 2.24) is 20.2 Å². The van der Waals surface area contributed by atoms with Crippen LogP contribution in [0.2, 0.25) is 0 Å². The maximum Gasteiger partial charge on any atom is 0.345 e. The maximum atomic E-state index is 13.3. The number of amides is 2. The molecular formula is C26H38ClN5O3. The molecule has 0 radical (unpaired) electrons. The molecule has 2 N–H and O–H groups in total. The van der Waals surface area contributed by atoms with Gasteiger partial charge in [-0.15, -0.1) is 12.4 Å². The van der Waals surface area contributed by atoms with Gasteiger partial charge >= 0.3 is 5.69 Å². The second-order valence-corrected chi connectivity index (χ2v) is 9.79. The fraction of sp³-hybridized carbons (Fsp3) is 0.538. The second-order valence-electron chi connectivity index (χ2n) is 9.79. The van der Waals surface area contributed by atoms with Crippen molar-refractivity contribution >= 4 is 29.9 Å². The lowest BCUT2D eigenvalue weighted by molar-refractivity contribution is -0.119. The van der Waals surface area contributed by atoms with Gasteiger partial charge in [0.2, 0.25) is 5.91 Å². The van der Waals surface area contributed by atoms with E-state index in [4.69, 9.17) is 0 Å². The highest BCUT2D eigenvalue weighted by Crippen LogP contribution is 2.23. The summed E-state index contributed by atoms with van der Waals surface area (Å²) in [6.45, 7) is 10.9. The molecular weight excluding hydrogens is 466 g/mol. The third-order valence-corrected chi connectivity index (χ3v) is 5.78. The zero-order valence-corrected chi connectivity index (χ0v) is 22.0. The number of carbonyl (C=O) groups is 2. The summed E-state index contributed by atoms with van der Waals surface area (Å²) in [6.07, 6.45) is 1.77. The van der Waals surface area contributed by atoms with E-state index in [2.05, 4.69) is 29.1 Å². The van der Waals surface area contributed by atoms with Gasteiger partial charge in [-0.05, 0) is 42.4 Å². The van der Waals surface area contributed by atoms with Gasteiger partial charge in [-0.3, -0.25) is 9.59 Å². The topological polar surface area (TPSA) is 98.4 Å². The molecule has 0 atom stereocenters. The fourth-order valence-electron chi connectivity index (χ4n) is 4.26. The van der Waals surface area contributed by atoms with Crippen molar-refractivity contribution in [3.8, 4) is 0 Å². The van der Waals surface area contributed by atoms with Gasteiger partial charge in [0, 0.05) is 50.5 Å². The van der Waals surface area contributed by atoms with Crippen LogP contribution in [-0.4, -0.2) is 52.9 Å². The highest BCUT2D eigenvalue weighted by Gasteiger charge is 2.23. The zero-order chi connectivity index (χ0) is 24.7. The van der Waals surface area contributed by atoms with Crippen LogP contribution in [0.15, 0.2) is 35.1 Å². The average molecular weight is 504 g/mol. The summed E-state index contributed by atoms with van der Waals surface area (Å²) in [7, 11) is 0. The number of aromatic nitrogens is 2. The van der Waals surface area contributed by atoms with Crippen LogP contribution in [0.4, 0.5) is 5.69 Å². The van der Waals surface area contributed by atoms with Crippen LogP contribution in [0.3, 0.4) is 0 Å². The fourth-order valence-corrected chi connectivity index (χ4v) is 4.26. The standard InChI is InChI=1S/C26H37N5O3.ClH/c1-18(2)14-21-16-22(29-26(34)28-21)25(33)30-11-7-12-31(24(32)15-19(3)4)23-9-6-5-8-20(23)17-27-10-13-30;/h5-6,8-9,16,18-19,27H,7,10-15,17H2,1-4H3,(H,28,29,34);1H. The number of hydrogen-bond donors (Lipinski definition) is 2.